The molecule has 34 heavy (non-hydrogen) atoms. The molecule has 2 heterocycles. The van der Waals surface area contributed by atoms with Crippen molar-refractivity contribution >= 4 is 11.8 Å². The van der Waals surface area contributed by atoms with Gasteiger partial charge < -0.3 is 21.1 Å². The molecule has 1 aliphatic carbocycles. The summed E-state index contributed by atoms with van der Waals surface area (Å²) in [5.74, 6) is -1.85. The number of amides is 2. The fourth-order valence-electron chi connectivity index (χ4n) is 3.85. The molecule has 2 aromatic heterocycles. The molecule has 0 aliphatic heterocycles. The number of pyridine rings is 1. The van der Waals surface area contributed by atoms with Crippen LogP contribution in [-0.4, -0.2) is 66.9 Å². The van der Waals surface area contributed by atoms with E-state index in [0.29, 0.717) is 18.2 Å². The minimum atomic E-state index is -1.84. The number of hydroxylamine groups is 2. The molecule has 2 unspecified atom stereocenters. The Labute approximate surface area is 197 Å². The maximum Gasteiger partial charge on any atom is 0.248 e. The molecule has 3 N–H and O–H groups in total. The van der Waals surface area contributed by atoms with E-state index < -0.39 is 24.0 Å². The zero-order chi connectivity index (χ0) is 24.2. The van der Waals surface area contributed by atoms with Crippen molar-refractivity contribution in [2.45, 2.75) is 44.0 Å². The number of hydrogen-bond donors (Lipinski definition) is 2. The number of benzene rings is 1. The van der Waals surface area contributed by atoms with Crippen LogP contribution in [0.25, 0.3) is 5.82 Å². The van der Waals surface area contributed by atoms with E-state index in [-0.39, 0.29) is 22.9 Å². The first kappa shape index (κ1) is 23.6. The van der Waals surface area contributed by atoms with Crippen molar-refractivity contribution in [3.63, 3.8) is 0 Å². The average molecular weight is 464 g/mol. The molecule has 2 amide bonds. The highest BCUT2D eigenvalue weighted by molar-refractivity contribution is 5.98. The van der Waals surface area contributed by atoms with Crippen LogP contribution in [0.15, 0.2) is 60.9 Å². The van der Waals surface area contributed by atoms with Gasteiger partial charge in [0.2, 0.25) is 11.8 Å². The van der Waals surface area contributed by atoms with Crippen molar-refractivity contribution in [1.29, 1.82) is 0 Å². The lowest BCUT2D eigenvalue weighted by atomic mass is 10.00. The van der Waals surface area contributed by atoms with E-state index in [4.69, 9.17) is 5.73 Å². The lowest BCUT2D eigenvalue weighted by Crippen LogP contribution is -2.50. The van der Waals surface area contributed by atoms with Crippen LogP contribution in [0, 0.1) is 5.21 Å². The van der Waals surface area contributed by atoms with Crippen LogP contribution >= 0.6 is 0 Å². The van der Waals surface area contributed by atoms with Gasteiger partial charge in [0.15, 0.2) is 11.9 Å². The van der Waals surface area contributed by atoms with Crippen LogP contribution in [0.4, 0.5) is 0 Å². The van der Waals surface area contributed by atoms with Crippen LogP contribution in [0.1, 0.15) is 34.5 Å². The van der Waals surface area contributed by atoms with Gasteiger partial charge in [-0.1, -0.05) is 30.3 Å². The summed E-state index contributed by atoms with van der Waals surface area (Å²) >= 11 is 0. The number of nitrogens with zero attached hydrogens (tertiary/aromatic N) is 5. The largest absolute Gasteiger partial charge is 0.756 e. The summed E-state index contributed by atoms with van der Waals surface area (Å²) in [6, 6.07) is 12.8. The fraction of sp³-hybridized carbons (Fsp3) is 0.333. The molecule has 0 spiro atoms. The molecular formula is C24H27N6O4-. The summed E-state index contributed by atoms with van der Waals surface area (Å²) in [7, 11) is 2.04. The van der Waals surface area contributed by atoms with Crippen molar-refractivity contribution in [3.8, 4) is 5.82 Å². The summed E-state index contributed by atoms with van der Waals surface area (Å²) in [4.78, 5) is 31.4. The first-order chi connectivity index (χ1) is 16.3. The summed E-state index contributed by atoms with van der Waals surface area (Å²) in [5, 5.41) is 28.1. The minimum absolute atomic E-state index is 0.00238. The standard InChI is InChI=1S/C24H27N6O4/c1-28(18-9-10-18)15-17-11-13-29(27-17)23-19(8-5-12-26-23)24(33)30(34)20(21(31)22(25)32)14-16-6-3-2-4-7-16/h2-8,11-13,18,20-21,31H,9-10,14-15H2,1H3,(H2,25,32)/q-1. The van der Waals surface area contributed by atoms with Gasteiger partial charge in [-0.15, -0.1) is 0 Å². The smallest absolute Gasteiger partial charge is 0.248 e. The number of aromatic nitrogens is 3. The highest BCUT2D eigenvalue weighted by Crippen LogP contribution is 2.26. The second kappa shape index (κ2) is 10.1. The topological polar surface area (TPSA) is 141 Å². The number of carbonyl (C=O) groups excluding carboxylic acids is 2. The molecular weight excluding hydrogens is 436 g/mol. The molecule has 4 rings (SSSR count). The van der Waals surface area contributed by atoms with Gasteiger partial charge in [0.05, 0.1) is 17.3 Å². The van der Waals surface area contributed by atoms with Gasteiger partial charge >= 0.3 is 0 Å². The summed E-state index contributed by atoms with van der Waals surface area (Å²) in [6.45, 7) is 0.658. The van der Waals surface area contributed by atoms with Gasteiger partial charge in [-0.2, -0.15) is 5.10 Å². The first-order valence-corrected chi connectivity index (χ1v) is 11.1. The molecule has 1 aromatic carbocycles. The molecule has 1 aliphatic rings. The monoisotopic (exact) mass is 463 g/mol. The van der Waals surface area contributed by atoms with Gasteiger partial charge in [0.25, 0.3) is 0 Å². The highest BCUT2D eigenvalue weighted by Gasteiger charge is 2.30. The molecule has 0 bridgehead atoms. The number of primary amides is 1. The van der Waals surface area contributed by atoms with Gasteiger partial charge in [-0.05, 0) is 50.1 Å². The van der Waals surface area contributed by atoms with E-state index in [1.807, 2.05) is 13.1 Å². The average Bonchev–Trinajstić information content (AvgIpc) is 3.61. The third kappa shape index (κ3) is 5.30. The van der Waals surface area contributed by atoms with E-state index in [0.717, 1.165) is 5.69 Å². The van der Waals surface area contributed by atoms with E-state index >= 15 is 0 Å². The first-order valence-electron chi connectivity index (χ1n) is 11.1. The SMILES string of the molecule is CN(Cc1ccn(-c2ncccc2C(=O)N([O-])C(Cc2ccccc2)C(O)C(N)=O)n1)C1CC1. The molecule has 1 saturated carbocycles. The maximum absolute atomic E-state index is 13.2. The maximum atomic E-state index is 13.2. The van der Waals surface area contributed by atoms with Crippen molar-refractivity contribution in [3.05, 3.63) is 83.0 Å². The molecule has 0 radical (unpaired) electrons. The Bertz CT molecular complexity index is 1150. The number of aliphatic hydroxyl groups excluding tert-OH is 1. The Morgan fingerprint density at radius 2 is 1.94 bits per heavy atom. The predicted molar refractivity (Wildman–Crippen MR) is 125 cm³/mol. The number of nitrogens with two attached hydrogens (primary N) is 1. The summed E-state index contributed by atoms with van der Waals surface area (Å²) < 4.78 is 1.45. The second-order valence-corrected chi connectivity index (χ2v) is 8.51. The Balaban J connectivity index is 1.59. The molecule has 10 nitrogen and oxygen atoms in total. The third-order valence-corrected chi connectivity index (χ3v) is 5.91. The van der Waals surface area contributed by atoms with Gasteiger partial charge in [0.1, 0.15) is 0 Å². The third-order valence-electron chi connectivity index (χ3n) is 5.91. The van der Waals surface area contributed by atoms with E-state index in [2.05, 4.69) is 15.0 Å². The van der Waals surface area contributed by atoms with E-state index in [1.54, 1.807) is 36.5 Å². The number of hydrogen-bond acceptors (Lipinski definition) is 7. The zero-order valence-electron chi connectivity index (χ0n) is 18.8. The molecule has 1 fully saturated rings. The van der Waals surface area contributed by atoms with Gasteiger partial charge in [0, 0.05) is 25.0 Å². The van der Waals surface area contributed by atoms with Crippen LogP contribution in [0.3, 0.4) is 0 Å². The molecule has 0 saturated heterocycles. The van der Waals surface area contributed by atoms with Crippen LogP contribution < -0.4 is 5.73 Å². The Morgan fingerprint density at radius 1 is 1.21 bits per heavy atom. The van der Waals surface area contributed by atoms with Crippen LogP contribution in [0.2, 0.25) is 0 Å². The Morgan fingerprint density at radius 3 is 2.62 bits per heavy atom. The lowest BCUT2D eigenvalue weighted by molar-refractivity contribution is -0.128. The van der Waals surface area contributed by atoms with E-state index in [9.17, 15) is 19.9 Å². The van der Waals surface area contributed by atoms with Crippen LogP contribution in [0.5, 0.6) is 0 Å². The molecule has 2 atom stereocenters. The van der Waals surface area contributed by atoms with Crippen LogP contribution in [-0.2, 0) is 17.8 Å². The number of aliphatic hydroxyl groups is 1. The minimum Gasteiger partial charge on any atom is -0.756 e. The lowest BCUT2D eigenvalue weighted by Gasteiger charge is -2.39. The Hall–Kier alpha value is -3.60. The van der Waals surface area contributed by atoms with Crippen molar-refractivity contribution < 1.29 is 14.7 Å². The molecule has 10 heteroatoms. The summed E-state index contributed by atoms with van der Waals surface area (Å²) in [5.41, 5.74) is 6.74. The summed E-state index contributed by atoms with van der Waals surface area (Å²) in [6.07, 6.45) is 3.65. The fourth-order valence-corrected chi connectivity index (χ4v) is 3.85. The van der Waals surface area contributed by atoms with E-state index in [1.165, 1.54) is 35.9 Å². The Kier molecular flexibility index (Phi) is 7.01. The zero-order valence-corrected chi connectivity index (χ0v) is 18.8. The van der Waals surface area contributed by atoms with Crippen molar-refractivity contribution in [1.82, 2.24) is 24.7 Å². The highest BCUT2D eigenvalue weighted by atomic mass is 16.5. The number of carbonyl (C=O) groups is 2. The second-order valence-electron chi connectivity index (χ2n) is 8.51. The predicted octanol–water partition coefficient (Wildman–Crippen LogP) is 1.26. The molecule has 3 aromatic rings. The van der Waals surface area contributed by atoms with Gasteiger partial charge in [-0.25, -0.2) is 9.67 Å². The van der Waals surface area contributed by atoms with Crippen molar-refractivity contribution in [2.24, 2.45) is 5.73 Å². The molecule has 178 valence electrons. The normalized spacial score (nSPS) is 15.2. The number of rotatable bonds is 10. The van der Waals surface area contributed by atoms with Crippen molar-refractivity contribution in [2.75, 3.05) is 7.05 Å². The van der Waals surface area contributed by atoms with Gasteiger partial charge in [-0.3, -0.25) is 14.5 Å². The quantitative estimate of drug-likeness (QED) is 0.431.